The van der Waals surface area contributed by atoms with Crippen molar-refractivity contribution < 1.29 is 4.42 Å². The van der Waals surface area contributed by atoms with Gasteiger partial charge in [-0.15, -0.1) is 0 Å². The minimum atomic E-state index is 0.513. The summed E-state index contributed by atoms with van der Waals surface area (Å²) in [7, 11) is 0. The van der Waals surface area contributed by atoms with Gasteiger partial charge in [-0.3, -0.25) is 5.32 Å². The molecule has 22 heavy (non-hydrogen) atoms. The number of hydrogen-bond acceptors (Lipinski definition) is 5. The molecule has 0 atom stereocenters. The van der Waals surface area contributed by atoms with Gasteiger partial charge in [-0.05, 0) is 30.5 Å². The van der Waals surface area contributed by atoms with Gasteiger partial charge in [-0.1, -0.05) is 36.0 Å². The van der Waals surface area contributed by atoms with E-state index >= 15 is 0 Å². The zero-order chi connectivity index (χ0) is 15.4. The lowest BCUT2D eigenvalue weighted by Crippen LogP contribution is -2.12. The molecule has 0 aliphatic rings. The van der Waals surface area contributed by atoms with Gasteiger partial charge in [-0.25, -0.2) is 9.98 Å². The lowest BCUT2D eigenvalue weighted by molar-refractivity contribution is 0.620. The van der Waals surface area contributed by atoms with Gasteiger partial charge in [0.1, 0.15) is 5.52 Å². The van der Waals surface area contributed by atoms with Crippen LogP contribution >= 0.6 is 11.8 Å². The van der Waals surface area contributed by atoms with Crippen LogP contribution in [0.1, 0.15) is 0 Å². The summed E-state index contributed by atoms with van der Waals surface area (Å²) in [6.45, 7) is 0. The van der Waals surface area contributed by atoms with E-state index in [4.69, 9.17) is 9.68 Å². The maximum absolute atomic E-state index is 8.72. The van der Waals surface area contributed by atoms with Crippen molar-refractivity contribution in [3.63, 3.8) is 0 Å². The minimum Gasteiger partial charge on any atom is -0.436 e. The summed E-state index contributed by atoms with van der Waals surface area (Å²) in [5.41, 5.74) is 2.91. The van der Waals surface area contributed by atoms with E-state index in [-0.39, 0.29) is 0 Å². The Kier molecular flexibility index (Phi) is 4.08. The van der Waals surface area contributed by atoms with E-state index in [0.717, 1.165) is 5.56 Å². The number of para-hydroxylation sites is 1. The molecule has 0 amide bonds. The van der Waals surface area contributed by atoms with Crippen LogP contribution in [0.25, 0.3) is 22.6 Å². The van der Waals surface area contributed by atoms with Crippen LogP contribution < -0.4 is 5.32 Å². The first-order valence-electron chi connectivity index (χ1n) is 6.54. The Morgan fingerprint density at radius 2 is 2.05 bits per heavy atom. The van der Waals surface area contributed by atoms with E-state index in [1.165, 1.54) is 11.8 Å². The smallest absolute Gasteiger partial charge is 0.227 e. The van der Waals surface area contributed by atoms with E-state index in [0.29, 0.717) is 27.8 Å². The summed E-state index contributed by atoms with van der Waals surface area (Å²) >= 11 is 1.36. The molecule has 6 heteroatoms. The van der Waals surface area contributed by atoms with Crippen LogP contribution in [0.4, 0.5) is 5.69 Å². The number of amidine groups is 1. The fourth-order valence-corrected chi connectivity index (χ4v) is 2.35. The average molecular weight is 308 g/mol. The second-order valence-corrected chi connectivity index (χ2v) is 5.16. The highest BCUT2D eigenvalue weighted by molar-refractivity contribution is 8.13. The summed E-state index contributed by atoms with van der Waals surface area (Å²) in [6.07, 6.45) is 3.72. The molecule has 0 saturated carbocycles. The monoisotopic (exact) mass is 308 g/mol. The van der Waals surface area contributed by atoms with Crippen LogP contribution in [-0.4, -0.2) is 16.4 Å². The predicted molar refractivity (Wildman–Crippen MR) is 88.8 cm³/mol. The lowest BCUT2D eigenvalue weighted by Gasteiger charge is -1.99. The van der Waals surface area contributed by atoms with E-state index in [9.17, 15) is 0 Å². The van der Waals surface area contributed by atoms with Crippen molar-refractivity contribution in [3.8, 4) is 17.6 Å². The third-order valence-corrected chi connectivity index (χ3v) is 3.58. The van der Waals surface area contributed by atoms with Crippen LogP contribution in [-0.2, 0) is 0 Å². The SMILES string of the molecule is CSC(=Nc1cccc2oc(-c3ccccc3)nc12)NC#N. The van der Waals surface area contributed by atoms with Gasteiger partial charge in [0.05, 0.1) is 5.69 Å². The Hall–Kier alpha value is -2.78. The highest BCUT2D eigenvalue weighted by atomic mass is 32.2. The molecule has 3 rings (SSSR count). The summed E-state index contributed by atoms with van der Waals surface area (Å²) in [5, 5.41) is 11.8. The molecule has 1 aromatic heterocycles. The number of fused-ring (bicyclic) bond motifs is 1. The minimum absolute atomic E-state index is 0.513. The van der Waals surface area contributed by atoms with Gasteiger partial charge in [0.15, 0.2) is 16.9 Å². The third kappa shape index (κ3) is 2.80. The number of nitrogens with zero attached hydrogens (tertiary/aromatic N) is 3. The van der Waals surface area contributed by atoms with E-state index in [2.05, 4.69) is 15.3 Å². The first-order chi connectivity index (χ1) is 10.8. The van der Waals surface area contributed by atoms with Crippen molar-refractivity contribution >= 4 is 33.7 Å². The molecular weight excluding hydrogens is 296 g/mol. The summed E-state index contributed by atoms with van der Waals surface area (Å²) in [4.78, 5) is 8.96. The zero-order valence-corrected chi connectivity index (χ0v) is 12.6. The first-order valence-corrected chi connectivity index (χ1v) is 7.77. The zero-order valence-electron chi connectivity index (χ0n) is 11.8. The molecule has 3 aromatic rings. The van der Waals surface area contributed by atoms with E-state index in [1.807, 2.05) is 61.0 Å². The number of oxazole rings is 1. The lowest BCUT2D eigenvalue weighted by atomic mass is 10.2. The van der Waals surface area contributed by atoms with Gasteiger partial charge < -0.3 is 4.42 Å². The molecule has 0 radical (unpaired) electrons. The largest absolute Gasteiger partial charge is 0.436 e. The summed E-state index contributed by atoms with van der Waals surface area (Å²) in [5.74, 6) is 0.553. The van der Waals surface area contributed by atoms with Crippen molar-refractivity contribution in [3.05, 3.63) is 48.5 Å². The Labute approximate surface area is 131 Å². The second-order valence-electron chi connectivity index (χ2n) is 4.37. The summed E-state index contributed by atoms with van der Waals surface area (Å²) < 4.78 is 5.80. The molecule has 0 aliphatic carbocycles. The predicted octanol–water partition coefficient (Wildman–Crippen LogP) is 3.92. The number of thioether (sulfide) groups is 1. The molecule has 0 bridgehead atoms. The number of nitriles is 1. The number of hydrogen-bond donors (Lipinski definition) is 1. The Bertz CT molecular complexity index is 865. The topological polar surface area (TPSA) is 74.2 Å². The fourth-order valence-electron chi connectivity index (χ4n) is 2.01. The maximum Gasteiger partial charge on any atom is 0.227 e. The van der Waals surface area contributed by atoms with Crippen molar-refractivity contribution in [2.75, 3.05) is 6.26 Å². The van der Waals surface area contributed by atoms with Crippen LogP contribution in [0, 0.1) is 11.5 Å². The van der Waals surface area contributed by atoms with Gasteiger partial charge in [0, 0.05) is 5.56 Å². The van der Waals surface area contributed by atoms with Crippen LogP contribution in [0.5, 0.6) is 0 Å². The van der Waals surface area contributed by atoms with Gasteiger partial charge in [-0.2, -0.15) is 5.26 Å². The standard InChI is InChI=1S/C16H12N4OS/c1-22-16(18-10-17)19-12-8-5-9-13-14(12)20-15(21-13)11-6-3-2-4-7-11/h2-9H,1H3,(H,18,19). The van der Waals surface area contributed by atoms with E-state index < -0.39 is 0 Å². The molecule has 108 valence electrons. The Morgan fingerprint density at radius 1 is 1.23 bits per heavy atom. The second kappa shape index (κ2) is 6.33. The van der Waals surface area contributed by atoms with E-state index in [1.54, 1.807) is 0 Å². The molecule has 0 fully saturated rings. The van der Waals surface area contributed by atoms with Crippen LogP contribution in [0.2, 0.25) is 0 Å². The quantitative estimate of drug-likeness (QED) is 0.336. The fraction of sp³-hybridized carbons (Fsp3) is 0.0625. The van der Waals surface area contributed by atoms with Crippen molar-refractivity contribution in [2.24, 2.45) is 4.99 Å². The molecule has 1 N–H and O–H groups in total. The third-order valence-electron chi connectivity index (χ3n) is 3.00. The molecule has 2 aromatic carbocycles. The molecule has 0 saturated heterocycles. The van der Waals surface area contributed by atoms with Crippen molar-refractivity contribution in [2.45, 2.75) is 0 Å². The van der Waals surface area contributed by atoms with Gasteiger partial charge in [0.2, 0.25) is 5.89 Å². The van der Waals surface area contributed by atoms with Gasteiger partial charge >= 0.3 is 0 Å². The summed E-state index contributed by atoms with van der Waals surface area (Å²) in [6, 6.07) is 15.2. The molecular formula is C16H12N4OS. The Balaban J connectivity index is 2.10. The number of benzene rings is 2. The number of aliphatic imine (C=N–C) groups is 1. The van der Waals surface area contributed by atoms with Crippen molar-refractivity contribution in [1.29, 1.82) is 5.26 Å². The number of aromatic nitrogens is 1. The number of nitrogens with one attached hydrogen (secondary N) is 1. The highest BCUT2D eigenvalue weighted by Gasteiger charge is 2.11. The highest BCUT2D eigenvalue weighted by Crippen LogP contribution is 2.30. The molecule has 0 spiro atoms. The molecule has 0 unspecified atom stereocenters. The van der Waals surface area contributed by atoms with Crippen LogP contribution in [0.3, 0.4) is 0 Å². The average Bonchev–Trinajstić information content (AvgIpc) is 3.00. The van der Waals surface area contributed by atoms with Gasteiger partial charge in [0.25, 0.3) is 0 Å². The molecule has 0 aliphatic heterocycles. The Morgan fingerprint density at radius 3 is 2.77 bits per heavy atom. The van der Waals surface area contributed by atoms with Crippen molar-refractivity contribution in [1.82, 2.24) is 10.3 Å². The normalized spacial score (nSPS) is 11.4. The number of rotatable bonds is 2. The molecule has 5 nitrogen and oxygen atoms in total. The first kappa shape index (κ1) is 14.2. The molecule has 1 heterocycles. The maximum atomic E-state index is 8.72. The van der Waals surface area contributed by atoms with Crippen LogP contribution in [0.15, 0.2) is 57.9 Å².